The number of halogens is 1. The summed E-state index contributed by atoms with van der Waals surface area (Å²) in [5.41, 5.74) is 1.55. The normalized spacial score (nSPS) is 15.7. The molecular weight excluding hydrogens is 316 g/mol. The van der Waals surface area contributed by atoms with Crippen molar-refractivity contribution in [2.45, 2.75) is 25.8 Å². The number of anilines is 1. The SMILES string of the molecule is Cc1cc(Br)ccc1NS(=O)(=O)CCNC1CC1. The molecule has 0 bridgehead atoms. The first-order valence-electron chi connectivity index (χ1n) is 5.96. The molecule has 0 unspecified atom stereocenters. The fourth-order valence-electron chi connectivity index (χ4n) is 1.65. The second-order valence-electron chi connectivity index (χ2n) is 4.61. The van der Waals surface area contributed by atoms with E-state index in [9.17, 15) is 8.42 Å². The maximum Gasteiger partial charge on any atom is 0.233 e. The molecule has 0 saturated heterocycles. The zero-order valence-electron chi connectivity index (χ0n) is 10.2. The van der Waals surface area contributed by atoms with Gasteiger partial charge < -0.3 is 5.32 Å². The van der Waals surface area contributed by atoms with Crippen molar-refractivity contribution in [1.29, 1.82) is 0 Å². The van der Waals surface area contributed by atoms with E-state index in [1.807, 2.05) is 19.1 Å². The number of benzene rings is 1. The Balaban J connectivity index is 1.93. The Morgan fingerprint density at radius 1 is 1.39 bits per heavy atom. The molecule has 1 fully saturated rings. The van der Waals surface area contributed by atoms with Crippen LogP contribution in [0.4, 0.5) is 5.69 Å². The smallest absolute Gasteiger partial charge is 0.233 e. The van der Waals surface area contributed by atoms with Gasteiger partial charge >= 0.3 is 0 Å². The number of hydrogen-bond donors (Lipinski definition) is 2. The second-order valence-corrected chi connectivity index (χ2v) is 7.37. The molecule has 1 aliphatic rings. The minimum atomic E-state index is -3.27. The molecule has 6 heteroatoms. The summed E-state index contributed by atoms with van der Waals surface area (Å²) in [7, 11) is -3.27. The van der Waals surface area contributed by atoms with E-state index >= 15 is 0 Å². The Bertz CT molecular complexity index is 527. The second kappa shape index (κ2) is 5.59. The molecule has 18 heavy (non-hydrogen) atoms. The van der Waals surface area contributed by atoms with Crippen LogP contribution in [0.15, 0.2) is 22.7 Å². The van der Waals surface area contributed by atoms with Gasteiger partial charge in [0.15, 0.2) is 0 Å². The maximum absolute atomic E-state index is 11.9. The number of rotatable bonds is 6. The van der Waals surface area contributed by atoms with Crippen LogP contribution in [0.5, 0.6) is 0 Å². The summed E-state index contributed by atoms with van der Waals surface area (Å²) >= 11 is 3.35. The molecule has 2 rings (SSSR count). The van der Waals surface area contributed by atoms with Gasteiger partial charge in [0.05, 0.1) is 11.4 Å². The van der Waals surface area contributed by atoms with Crippen LogP contribution in [0, 0.1) is 6.92 Å². The van der Waals surface area contributed by atoms with Crippen LogP contribution in [0.3, 0.4) is 0 Å². The highest BCUT2D eigenvalue weighted by Gasteiger charge is 2.21. The van der Waals surface area contributed by atoms with E-state index < -0.39 is 10.0 Å². The van der Waals surface area contributed by atoms with Gasteiger partial charge in [0, 0.05) is 17.1 Å². The zero-order valence-corrected chi connectivity index (χ0v) is 12.6. The summed E-state index contributed by atoms with van der Waals surface area (Å²) < 4.78 is 27.3. The molecular formula is C12H17BrN2O2S. The monoisotopic (exact) mass is 332 g/mol. The highest BCUT2D eigenvalue weighted by molar-refractivity contribution is 9.10. The van der Waals surface area contributed by atoms with Crippen molar-refractivity contribution >= 4 is 31.6 Å². The third-order valence-electron chi connectivity index (χ3n) is 2.84. The van der Waals surface area contributed by atoms with Gasteiger partial charge in [-0.15, -0.1) is 0 Å². The molecule has 4 nitrogen and oxygen atoms in total. The summed E-state index contributed by atoms with van der Waals surface area (Å²) in [4.78, 5) is 0. The minimum Gasteiger partial charge on any atom is -0.313 e. The first-order valence-corrected chi connectivity index (χ1v) is 8.41. The van der Waals surface area contributed by atoms with Gasteiger partial charge in [-0.1, -0.05) is 15.9 Å². The number of hydrogen-bond acceptors (Lipinski definition) is 3. The maximum atomic E-state index is 11.9. The zero-order chi connectivity index (χ0) is 13.2. The topological polar surface area (TPSA) is 58.2 Å². The molecule has 0 atom stereocenters. The molecule has 100 valence electrons. The first-order chi connectivity index (χ1) is 8.46. The average Bonchev–Trinajstić information content (AvgIpc) is 3.06. The van der Waals surface area contributed by atoms with Gasteiger partial charge in [0.2, 0.25) is 10.0 Å². The predicted molar refractivity (Wildman–Crippen MR) is 77.3 cm³/mol. The van der Waals surface area contributed by atoms with Crippen molar-refractivity contribution in [1.82, 2.24) is 5.32 Å². The van der Waals surface area contributed by atoms with Gasteiger partial charge in [-0.3, -0.25) is 4.72 Å². The Labute approximate surface area is 116 Å². The summed E-state index contributed by atoms with van der Waals surface area (Å²) in [6.45, 7) is 2.39. The lowest BCUT2D eigenvalue weighted by molar-refractivity contribution is 0.595. The van der Waals surface area contributed by atoms with Crippen molar-refractivity contribution in [3.63, 3.8) is 0 Å². The molecule has 1 saturated carbocycles. The molecule has 1 aliphatic carbocycles. The summed E-state index contributed by atoms with van der Waals surface area (Å²) in [5, 5.41) is 3.20. The van der Waals surface area contributed by atoms with Crippen molar-refractivity contribution < 1.29 is 8.42 Å². The number of aryl methyl sites for hydroxylation is 1. The highest BCUT2D eigenvalue weighted by Crippen LogP contribution is 2.21. The molecule has 0 amide bonds. The van der Waals surface area contributed by atoms with Crippen LogP contribution in [-0.4, -0.2) is 26.8 Å². The fraction of sp³-hybridized carbons (Fsp3) is 0.500. The Morgan fingerprint density at radius 2 is 2.11 bits per heavy atom. The number of sulfonamides is 1. The van der Waals surface area contributed by atoms with E-state index in [0.29, 0.717) is 18.3 Å². The van der Waals surface area contributed by atoms with Crippen molar-refractivity contribution in [2.24, 2.45) is 0 Å². The van der Waals surface area contributed by atoms with Gasteiger partial charge in [0.1, 0.15) is 0 Å². The van der Waals surface area contributed by atoms with Crippen molar-refractivity contribution in [3.05, 3.63) is 28.2 Å². The van der Waals surface area contributed by atoms with Gasteiger partial charge in [-0.05, 0) is 43.5 Å². The van der Waals surface area contributed by atoms with E-state index in [1.165, 1.54) is 12.8 Å². The average molecular weight is 333 g/mol. The lowest BCUT2D eigenvalue weighted by Crippen LogP contribution is -2.28. The fourth-order valence-corrected chi connectivity index (χ4v) is 3.17. The van der Waals surface area contributed by atoms with E-state index in [1.54, 1.807) is 6.07 Å². The molecule has 0 radical (unpaired) electrons. The molecule has 0 heterocycles. The molecule has 0 aromatic heterocycles. The van der Waals surface area contributed by atoms with Crippen LogP contribution in [0.1, 0.15) is 18.4 Å². The molecule has 1 aromatic rings. The molecule has 0 aliphatic heterocycles. The molecule has 0 spiro atoms. The number of nitrogens with one attached hydrogen (secondary N) is 2. The Kier molecular flexibility index (Phi) is 4.29. The Hall–Kier alpha value is -0.590. The van der Waals surface area contributed by atoms with E-state index in [2.05, 4.69) is 26.0 Å². The minimum absolute atomic E-state index is 0.110. The highest BCUT2D eigenvalue weighted by atomic mass is 79.9. The lowest BCUT2D eigenvalue weighted by Gasteiger charge is -2.11. The van der Waals surface area contributed by atoms with Crippen LogP contribution in [0.25, 0.3) is 0 Å². The van der Waals surface area contributed by atoms with E-state index in [0.717, 1.165) is 10.0 Å². The summed E-state index contributed by atoms with van der Waals surface area (Å²) in [6.07, 6.45) is 2.33. The third-order valence-corrected chi connectivity index (χ3v) is 4.60. The standard InChI is InChI=1S/C12H17BrN2O2S/c1-9-8-10(13)2-5-12(9)15-18(16,17)7-6-14-11-3-4-11/h2,5,8,11,14-15H,3-4,6-7H2,1H3. The Morgan fingerprint density at radius 3 is 2.72 bits per heavy atom. The molecule has 1 aromatic carbocycles. The van der Waals surface area contributed by atoms with Gasteiger partial charge in [0.25, 0.3) is 0 Å². The van der Waals surface area contributed by atoms with E-state index in [-0.39, 0.29) is 5.75 Å². The predicted octanol–water partition coefficient (Wildman–Crippen LogP) is 2.25. The van der Waals surface area contributed by atoms with Gasteiger partial charge in [-0.25, -0.2) is 8.42 Å². The van der Waals surface area contributed by atoms with Crippen LogP contribution < -0.4 is 10.0 Å². The lowest BCUT2D eigenvalue weighted by atomic mass is 10.2. The first kappa shape index (κ1) is 13.8. The van der Waals surface area contributed by atoms with Gasteiger partial charge in [-0.2, -0.15) is 0 Å². The van der Waals surface area contributed by atoms with Crippen LogP contribution >= 0.6 is 15.9 Å². The van der Waals surface area contributed by atoms with Crippen LogP contribution in [-0.2, 0) is 10.0 Å². The van der Waals surface area contributed by atoms with Crippen molar-refractivity contribution in [3.8, 4) is 0 Å². The quantitative estimate of drug-likeness (QED) is 0.840. The summed E-state index contributed by atoms with van der Waals surface area (Å²) in [5.74, 6) is 0.110. The van der Waals surface area contributed by atoms with Crippen molar-refractivity contribution in [2.75, 3.05) is 17.0 Å². The van der Waals surface area contributed by atoms with E-state index in [4.69, 9.17) is 0 Å². The molecule has 2 N–H and O–H groups in total. The largest absolute Gasteiger partial charge is 0.313 e. The van der Waals surface area contributed by atoms with Crippen LogP contribution in [0.2, 0.25) is 0 Å². The summed E-state index contributed by atoms with van der Waals surface area (Å²) in [6, 6.07) is 6.02. The third kappa shape index (κ3) is 4.26.